The molecule has 0 atom stereocenters. The number of esters is 1. The molecule has 3 nitrogen and oxygen atoms in total. The zero-order valence-electron chi connectivity index (χ0n) is 9.43. The first-order chi connectivity index (χ1) is 6.57. The van der Waals surface area contributed by atoms with Gasteiger partial charge >= 0.3 is 5.97 Å². The van der Waals surface area contributed by atoms with Gasteiger partial charge in [-0.2, -0.15) is 0 Å². The van der Waals surface area contributed by atoms with Crippen LogP contribution in [0.15, 0.2) is 0 Å². The first-order valence-corrected chi connectivity index (χ1v) is 5.32. The second-order valence-corrected chi connectivity index (χ2v) is 3.90. The lowest BCUT2D eigenvalue weighted by atomic mass is 10.1. The molecule has 1 N–H and O–H groups in total. The molecule has 0 fully saturated rings. The highest BCUT2D eigenvalue weighted by atomic mass is 16.5. The molecular weight excluding hydrogens is 178 g/mol. The van der Waals surface area contributed by atoms with Crippen LogP contribution in [-0.2, 0) is 9.53 Å². The van der Waals surface area contributed by atoms with Gasteiger partial charge in [-0.15, -0.1) is 0 Å². The Labute approximate surface area is 86.3 Å². The highest BCUT2D eigenvalue weighted by molar-refractivity contribution is 6.35. The van der Waals surface area contributed by atoms with Gasteiger partial charge in [-0.25, -0.2) is 4.79 Å². The normalized spacial score (nSPS) is 10.3. The van der Waals surface area contributed by atoms with E-state index in [-0.39, 0.29) is 5.71 Å². The molecule has 0 saturated carbocycles. The van der Waals surface area contributed by atoms with Crippen LogP contribution < -0.4 is 0 Å². The molecule has 0 aliphatic rings. The molecule has 14 heavy (non-hydrogen) atoms. The number of carbonyl (C=O) groups is 1. The Bertz CT molecular complexity index is 188. The summed E-state index contributed by atoms with van der Waals surface area (Å²) in [6.07, 6.45) is 3.30. The molecule has 0 bridgehead atoms. The van der Waals surface area contributed by atoms with Gasteiger partial charge in [0.15, 0.2) is 0 Å². The van der Waals surface area contributed by atoms with E-state index in [1.165, 1.54) is 0 Å². The van der Waals surface area contributed by atoms with Crippen LogP contribution in [0.4, 0.5) is 0 Å². The maximum Gasteiger partial charge on any atom is 0.351 e. The first-order valence-electron chi connectivity index (χ1n) is 5.32. The van der Waals surface area contributed by atoms with Crippen LogP contribution in [0.2, 0.25) is 0 Å². The number of carbonyl (C=O) groups excluding carboxylic acids is 1. The lowest BCUT2D eigenvalue weighted by Crippen LogP contribution is -2.17. The Hall–Kier alpha value is -0.860. The van der Waals surface area contributed by atoms with Crippen LogP contribution in [0, 0.1) is 11.3 Å². The van der Waals surface area contributed by atoms with E-state index in [4.69, 9.17) is 10.1 Å². The lowest BCUT2D eigenvalue weighted by molar-refractivity contribution is -0.136. The summed E-state index contributed by atoms with van der Waals surface area (Å²) >= 11 is 0. The minimum Gasteiger partial charge on any atom is -0.461 e. The van der Waals surface area contributed by atoms with E-state index in [0.29, 0.717) is 18.9 Å². The third-order valence-electron chi connectivity index (χ3n) is 1.96. The summed E-state index contributed by atoms with van der Waals surface area (Å²) in [5, 5.41) is 7.41. The minimum absolute atomic E-state index is 0.107. The second kappa shape index (κ2) is 7.54. The number of hydrogen-bond donors (Lipinski definition) is 1. The van der Waals surface area contributed by atoms with Crippen LogP contribution >= 0.6 is 0 Å². The van der Waals surface area contributed by atoms with Crippen molar-refractivity contribution in [3.63, 3.8) is 0 Å². The Balaban J connectivity index is 3.57. The number of rotatable bonds is 7. The number of hydrogen-bond acceptors (Lipinski definition) is 3. The molecule has 0 radical (unpaired) electrons. The van der Waals surface area contributed by atoms with Gasteiger partial charge in [0.05, 0.1) is 6.61 Å². The minimum atomic E-state index is -0.445. The van der Waals surface area contributed by atoms with E-state index in [0.717, 1.165) is 19.3 Å². The summed E-state index contributed by atoms with van der Waals surface area (Å²) in [7, 11) is 0. The van der Waals surface area contributed by atoms with Crippen molar-refractivity contribution in [1.82, 2.24) is 0 Å². The molecule has 0 aliphatic carbocycles. The van der Waals surface area contributed by atoms with E-state index in [9.17, 15) is 4.79 Å². The molecule has 0 aromatic carbocycles. The van der Waals surface area contributed by atoms with Gasteiger partial charge in [-0.3, -0.25) is 5.41 Å². The van der Waals surface area contributed by atoms with Gasteiger partial charge in [-0.05, 0) is 25.2 Å². The fourth-order valence-electron chi connectivity index (χ4n) is 0.930. The predicted octanol–water partition coefficient (Wildman–Crippen LogP) is 2.79. The van der Waals surface area contributed by atoms with Gasteiger partial charge < -0.3 is 4.74 Å². The topological polar surface area (TPSA) is 50.2 Å². The molecule has 0 spiro atoms. The van der Waals surface area contributed by atoms with Crippen molar-refractivity contribution < 1.29 is 9.53 Å². The molecule has 0 aromatic rings. The summed E-state index contributed by atoms with van der Waals surface area (Å²) in [5.74, 6) is 0.0896. The van der Waals surface area contributed by atoms with Crippen molar-refractivity contribution in [2.45, 2.75) is 46.5 Å². The van der Waals surface area contributed by atoms with Crippen LogP contribution in [0.25, 0.3) is 0 Å². The zero-order valence-corrected chi connectivity index (χ0v) is 9.43. The molecule has 0 rings (SSSR count). The van der Waals surface area contributed by atoms with Crippen molar-refractivity contribution in [3.8, 4) is 0 Å². The maximum absolute atomic E-state index is 11.2. The summed E-state index contributed by atoms with van der Waals surface area (Å²) in [4.78, 5) is 11.2. The van der Waals surface area contributed by atoms with Crippen LogP contribution in [0.1, 0.15) is 46.5 Å². The molecule has 0 saturated heterocycles. The Morgan fingerprint density at radius 1 is 1.43 bits per heavy atom. The van der Waals surface area contributed by atoms with E-state index in [2.05, 4.69) is 13.8 Å². The summed E-state index contributed by atoms with van der Waals surface area (Å²) in [5.41, 5.74) is 0.107. The molecule has 0 aliphatic heterocycles. The van der Waals surface area contributed by atoms with E-state index in [1.807, 2.05) is 6.92 Å². The molecule has 0 heterocycles. The Morgan fingerprint density at radius 3 is 2.57 bits per heavy atom. The quantitative estimate of drug-likeness (QED) is 0.506. The van der Waals surface area contributed by atoms with Gasteiger partial charge in [0.1, 0.15) is 5.71 Å². The Morgan fingerprint density at radius 2 is 2.07 bits per heavy atom. The van der Waals surface area contributed by atoms with Crippen LogP contribution in [0.3, 0.4) is 0 Å². The number of ether oxygens (including phenoxy) is 1. The smallest absolute Gasteiger partial charge is 0.351 e. The van der Waals surface area contributed by atoms with Crippen LogP contribution in [-0.4, -0.2) is 18.3 Å². The van der Waals surface area contributed by atoms with Gasteiger partial charge in [0.25, 0.3) is 0 Å². The predicted molar refractivity (Wildman–Crippen MR) is 57.7 cm³/mol. The standard InChI is InChI=1S/C11H21NO2/c1-4-5-6-10(12)11(13)14-8-7-9(2)3/h9,12H,4-8H2,1-3H3. The van der Waals surface area contributed by atoms with E-state index < -0.39 is 5.97 Å². The van der Waals surface area contributed by atoms with Crippen molar-refractivity contribution in [2.75, 3.05) is 6.61 Å². The van der Waals surface area contributed by atoms with Gasteiger partial charge in [0.2, 0.25) is 0 Å². The maximum atomic E-state index is 11.2. The molecular formula is C11H21NO2. The number of nitrogens with one attached hydrogen (secondary N) is 1. The highest BCUT2D eigenvalue weighted by Crippen LogP contribution is 2.01. The third kappa shape index (κ3) is 6.63. The Kier molecular flexibility index (Phi) is 7.07. The number of unbranched alkanes of at least 4 members (excludes halogenated alkanes) is 1. The second-order valence-electron chi connectivity index (χ2n) is 3.90. The molecule has 0 aromatic heterocycles. The van der Waals surface area contributed by atoms with E-state index >= 15 is 0 Å². The summed E-state index contributed by atoms with van der Waals surface area (Å²) < 4.78 is 4.95. The first kappa shape index (κ1) is 13.1. The monoisotopic (exact) mass is 199 g/mol. The molecule has 0 amide bonds. The lowest BCUT2D eigenvalue weighted by Gasteiger charge is -2.06. The van der Waals surface area contributed by atoms with Crippen molar-refractivity contribution in [3.05, 3.63) is 0 Å². The SMILES string of the molecule is CCCCC(=N)C(=O)OCCC(C)C. The summed E-state index contributed by atoms with van der Waals surface area (Å²) in [6, 6.07) is 0. The fraction of sp³-hybridized carbons (Fsp3) is 0.818. The summed E-state index contributed by atoms with van der Waals surface area (Å²) in [6.45, 7) is 6.63. The van der Waals surface area contributed by atoms with Gasteiger partial charge in [-0.1, -0.05) is 27.2 Å². The molecule has 3 heteroatoms. The third-order valence-corrected chi connectivity index (χ3v) is 1.96. The van der Waals surface area contributed by atoms with Gasteiger partial charge in [0, 0.05) is 0 Å². The van der Waals surface area contributed by atoms with E-state index in [1.54, 1.807) is 0 Å². The molecule has 82 valence electrons. The average Bonchev–Trinajstić information content (AvgIpc) is 2.13. The van der Waals surface area contributed by atoms with Crippen LogP contribution in [0.5, 0.6) is 0 Å². The van der Waals surface area contributed by atoms with Crippen molar-refractivity contribution in [1.29, 1.82) is 5.41 Å². The van der Waals surface area contributed by atoms with Crippen molar-refractivity contribution in [2.24, 2.45) is 5.92 Å². The average molecular weight is 199 g/mol. The zero-order chi connectivity index (χ0) is 11.0. The largest absolute Gasteiger partial charge is 0.461 e. The fourth-order valence-corrected chi connectivity index (χ4v) is 0.930. The van der Waals surface area contributed by atoms with Crippen molar-refractivity contribution >= 4 is 11.7 Å². The highest BCUT2D eigenvalue weighted by Gasteiger charge is 2.09. The molecule has 0 unspecified atom stereocenters.